The van der Waals surface area contributed by atoms with E-state index in [0.717, 1.165) is 5.56 Å². The summed E-state index contributed by atoms with van der Waals surface area (Å²) in [5, 5.41) is 2.40. The summed E-state index contributed by atoms with van der Waals surface area (Å²) in [5.74, 6) is -0.791. The largest absolute Gasteiger partial charge is 0.444 e. The molecular weight excluding hydrogens is 297 g/mol. The minimum absolute atomic E-state index is 0.198. The molecule has 0 fully saturated rings. The second-order valence-corrected chi connectivity index (χ2v) is 7.15. The Morgan fingerprint density at radius 1 is 1.29 bits per heavy atom. The van der Waals surface area contributed by atoms with E-state index in [2.05, 4.69) is 5.32 Å². The van der Waals surface area contributed by atoms with Gasteiger partial charge < -0.3 is 10.1 Å². The summed E-state index contributed by atoms with van der Waals surface area (Å²) in [5.41, 5.74) is 0.0814. The number of benzene rings is 1. The highest BCUT2D eigenvalue weighted by molar-refractivity contribution is 7.86. The van der Waals surface area contributed by atoms with Gasteiger partial charge in [0.05, 0.1) is 6.04 Å². The fourth-order valence-corrected chi connectivity index (χ4v) is 2.45. The van der Waals surface area contributed by atoms with Gasteiger partial charge in [0.1, 0.15) is 11.4 Å². The maximum atomic E-state index is 12.9. The van der Waals surface area contributed by atoms with Crippen molar-refractivity contribution in [2.45, 2.75) is 38.8 Å². The number of amides is 1. The molecule has 0 saturated carbocycles. The van der Waals surface area contributed by atoms with Gasteiger partial charge in [0, 0.05) is 0 Å². The summed E-state index contributed by atoms with van der Waals surface area (Å²) >= 11 is 0. The van der Waals surface area contributed by atoms with Gasteiger partial charge in [-0.2, -0.15) is 8.42 Å². The molecule has 0 bridgehead atoms. The molecule has 0 spiro atoms. The maximum Gasteiger partial charge on any atom is 0.407 e. The van der Waals surface area contributed by atoms with Crippen molar-refractivity contribution in [3.63, 3.8) is 0 Å². The first-order chi connectivity index (χ1) is 9.55. The highest BCUT2D eigenvalue weighted by Crippen LogP contribution is 2.10. The van der Waals surface area contributed by atoms with Crippen LogP contribution in [0.3, 0.4) is 0 Å². The van der Waals surface area contributed by atoms with Gasteiger partial charge in [-0.15, -0.1) is 3.89 Å². The Kier molecular flexibility index (Phi) is 5.71. The van der Waals surface area contributed by atoms with E-state index >= 15 is 0 Å². The zero-order valence-electron chi connectivity index (χ0n) is 12.3. The van der Waals surface area contributed by atoms with Gasteiger partial charge in [-0.1, -0.05) is 30.3 Å². The fraction of sp³-hybridized carbons (Fsp3) is 0.500. The van der Waals surface area contributed by atoms with Crippen LogP contribution in [0.1, 0.15) is 26.3 Å². The predicted octanol–water partition coefficient (Wildman–Crippen LogP) is 2.42. The Morgan fingerprint density at radius 2 is 1.86 bits per heavy atom. The molecule has 118 valence electrons. The number of rotatable bonds is 5. The number of halogens is 1. The zero-order valence-corrected chi connectivity index (χ0v) is 13.1. The van der Waals surface area contributed by atoms with E-state index in [1.807, 2.05) is 6.07 Å². The lowest BCUT2D eigenvalue weighted by atomic mass is 10.1. The van der Waals surface area contributed by atoms with E-state index in [1.54, 1.807) is 45.0 Å². The van der Waals surface area contributed by atoms with Crippen LogP contribution in [0.25, 0.3) is 0 Å². The second-order valence-electron chi connectivity index (χ2n) is 5.74. The highest BCUT2D eigenvalue weighted by Gasteiger charge is 2.23. The molecule has 21 heavy (non-hydrogen) atoms. The number of carbonyl (C=O) groups excluding carboxylic acids is 1. The van der Waals surface area contributed by atoms with Crippen LogP contribution in [0.4, 0.5) is 8.68 Å². The summed E-state index contributed by atoms with van der Waals surface area (Å²) in [6.07, 6.45) is -0.574. The number of hydrogen-bond acceptors (Lipinski definition) is 4. The van der Waals surface area contributed by atoms with E-state index < -0.39 is 33.7 Å². The molecule has 0 aliphatic heterocycles. The number of carbonyl (C=O) groups is 1. The molecule has 1 atom stereocenters. The monoisotopic (exact) mass is 317 g/mol. The summed E-state index contributed by atoms with van der Waals surface area (Å²) in [6.45, 7) is 5.06. The van der Waals surface area contributed by atoms with Crippen LogP contribution in [0.5, 0.6) is 0 Å². The first kappa shape index (κ1) is 17.4. The van der Waals surface area contributed by atoms with Crippen LogP contribution >= 0.6 is 0 Å². The lowest BCUT2D eigenvalue weighted by Crippen LogP contribution is -2.43. The molecule has 0 saturated heterocycles. The fourth-order valence-electron chi connectivity index (χ4n) is 1.76. The van der Waals surface area contributed by atoms with Crippen molar-refractivity contribution in [2.75, 3.05) is 5.75 Å². The van der Waals surface area contributed by atoms with Gasteiger partial charge in [-0.25, -0.2) is 4.79 Å². The molecule has 0 aromatic heterocycles. The molecule has 5 nitrogen and oxygen atoms in total. The van der Waals surface area contributed by atoms with E-state index in [9.17, 15) is 17.1 Å². The molecular formula is C14H20FNO4S. The van der Waals surface area contributed by atoms with Crippen molar-refractivity contribution in [1.82, 2.24) is 5.32 Å². The first-order valence-electron chi connectivity index (χ1n) is 6.51. The predicted molar refractivity (Wildman–Crippen MR) is 78.2 cm³/mol. The smallest absolute Gasteiger partial charge is 0.407 e. The van der Waals surface area contributed by atoms with Gasteiger partial charge in [-0.05, 0) is 32.8 Å². The first-order valence-corrected chi connectivity index (χ1v) is 8.06. The Labute approximate surface area is 124 Å². The molecule has 1 amide bonds. The maximum absolute atomic E-state index is 12.9. The van der Waals surface area contributed by atoms with Crippen LogP contribution in [0.15, 0.2) is 30.3 Å². The normalized spacial score (nSPS) is 13.5. The van der Waals surface area contributed by atoms with Crippen molar-refractivity contribution in [1.29, 1.82) is 0 Å². The van der Waals surface area contributed by atoms with Crippen LogP contribution in [-0.4, -0.2) is 31.9 Å². The van der Waals surface area contributed by atoms with Crippen molar-refractivity contribution < 1.29 is 21.8 Å². The molecule has 0 aliphatic rings. The molecule has 7 heteroatoms. The highest BCUT2D eigenvalue weighted by atomic mass is 32.3. The third-order valence-electron chi connectivity index (χ3n) is 2.45. The number of nitrogens with one attached hydrogen (secondary N) is 1. The standard InChI is InChI=1S/C14H20FNO4S/c1-14(2,3)20-13(17)16-12(10-21(15,18)19)9-11-7-5-4-6-8-11/h4-8,12H,9-10H2,1-3H3,(H,16,17). The molecule has 1 rings (SSSR count). The van der Waals surface area contributed by atoms with E-state index in [4.69, 9.17) is 4.74 Å². The van der Waals surface area contributed by atoms with Gasteiger partial charge >= 0.3 is 16.3 Å². The Balaban J connectivity index is 2.76. The zero-order chi connectivity index (χ0) is 16.1. The average molecular weight is 317 g/mol. The van der Waals surface area contributed by atoms with Crippen LogP contribution < -0.4 is 5.32 Å². The molecule has 1 aromatic carbocycles. The lowest BCUT2D eigenvalue weighted by molar-refractivity contribution is 0.0509. The van der Waals surface area contributed by atoms with Gasteiger partial charge in [0.2, 0.25) is 0 Å². The average Bonchev–Trinajstić information content (AvgIpc) is 2.24. The SMILES string of the molecule is CC(C)(C)OC(=O)NC(Cc1ccccc1)CS(=O)(=O)F. The number of ether oxygens (including phenoxy) is 1. The van der Waals surface area contributed by atoms with E-state index in [-0.39, 0.29) is 6.42 Å². The molecule has 1 aromatic rings. The minimum Gasteiger partial charge on any atom is -0.444 e. The molecule has 0 radical (unpaired) electrons. The Bertz CT molecular complexity index is 566. The Hall–Kier alpha value is -1.63. The third-order valence-corrected chi connectivity index (χ3v) is 3.25. The summed E-state index contributed by atoms with van der Waals surface area (Å²) < 4.78 is 39.6. The van der Waals surface area contributed by atoms with E-state index in [0.29, 0.717) is 0 Å². The summed E-state index contributed by atoms with van der Waals surface area (Å²) in [6, 6.07) is 8.03. The summed E-state index contributed by atoms with van der Waals surface area (Å²) in [7, 11) is -4.70. The quantitative estimate of drug-likeness (QED) is 0.847. The molecule has 0 aliphatic carbocycles. The van der Waals surface area contributed by atoms with Crippen molar-refractivity contribution in [3.8, 4) is 0 Å². The van der Waals surface area contributed by atoms with Crippen molar-refractivity contribution >= 4 is 16.3 Å². The topological polar surface area (TPSA) is 72.5 Å². The third kappa shape index (κ3) is 8.29. The Morgan fingerprint density at radius 3 is 2.33 bits per heavy atom. The summed E-state index contributed by atoms with van der Waals surface area (Å²) in [4.78, 5) is 11.7. The van der Waals surface area contributed by atoms with Gasteiger partial charge in [-0.3, -0.25) is 0 Å². The van der Waals surface area contributed by atoms with Gasteiger partial charge in [0.15, 0.2) is 0 Å². The number of alkyl carbamates (subject to hydrolysis) is 1. The minimum atomic E-state index is -4.70. The molecule has 0 heterocycles. The van der Waals surface area contributed by atoms with E-state index in [1.165, 1.54) is 0 Å². The van der Waals surface area contributed by atoms with Crippen molar-refractivity contribution in [2.24, 2.45) is 0 Å². The van der Waals surface area contributed by atoms with Gasteiger partial charge in [0.25, 0.3) is 0 Å². The van der Waals surface area contributed by atoms with Crippen molar-refractivity contribution in [3.05, 3.63) is 35.9 Å². The lowest BCUT2D eigenvalue weighted by Gasteiger charge is -2.23. The van der Waals surface area contributed by atoms with Crippen LogP contribution in [0.2, 0.25) is 0 Å². The van der Waals surface area contributed by atoms with Crippen LogP contribution in [0, 0.1) is 0 Å². The number of hydrogen-bond donors (Lipinski definition) is 1. The molecule has 1 N–H and O–H groups in total. The van der Waals surface area contributed by atoms with Crippen LogP contribution in [-0.2, 0) is 21.4 Å². The molecule has 1 unspecified atom stereocenters. The second kappa shape index (κ2) is 6.89.